The van der Waals surface area contributed by atoms with Gasteiger partial charge < -0.3 is 204 Å². The molecule has 16 unspecified atom stereocenters. The number of aliphatic hydroxyl groups is 22. The highest BCUT2D eigenvalue weighted by molar-refractivity contribution is 5.74. The molecule has 0 radical (unpaired) electrons. The zero-order valence-corrected chi connectivity index (χ0v) is 56.5. The van der Waals surface area contributed by atoms with Crippen LogP contribution in [0.3, 0.4) is 0 Å². The molecule has 8 fully saturated rings. The lowest BCUT2D eigenvalue weighted by Crippen LogP contribution is -2.71. The fourth-order valence-corrected chi connectivity index (χ4v) is 13.7. The van der Waals surface area contributed by atoms with Crippen molar-refractivity contribution in [1.82, 2.24) is 16.0 Å². The van der Waals surface area contributed by atoms with Crippen LogP contribution in [0.25, 0.3) is 0 Å². The van der Waals surface area contributed by atoms with Gasteiger partial charge in [0.05, 0.1) is 83.6 Å². The quantitative estimate of drug-likeness (QED) is 0.0244. The number of rotatable bonds is 29. The molecule has 3 amide bonds. The predicted molar refractivity (Wildman–Crippen MR) is 323 cm³/mol. The Morgan fingerprint density at radius 1 is 0.433 bits per heavy atom. The Morgan fingerprint density at radius 2 is 0.827 bits per heavy atom. The molecule has 25 N–H and O–H groups in total. The van der Waals surface area contributed by atoms with Gasteiger partial charge in [-0.15, -0.1) is 0 Å². The van der Waals surface area contributed by atoms with Gasteiger partial charge in [-0.2, -0.15) is 0 Å². The third kappa shape index (κ3) is 18.9. The molecule has 8 aliphatic heterocycles. The van der Waals surface area contributed by atoms with E-state index in [0.717, 1.165) is 20.8 Å². The number of carbonyl (C=O) groups is 4. The minimum atomic E-state index is -2.85. The highest BCUT2D eigenvalue weighted by atomic mass is 16.9. The molecule has 0 saturated carbocycles. The predicted octanol–water partition coefficient (Wildman–Crippen LogP) is -16.4. The van der Waals surface area contributed by atoms with E-state index in [0.29, 0.717) is 0 Å². The first-order chi connectivity index (χ1) is 49.2. The maximum absolute atomic E-state index is 13.1. The average molecular weight is 1520 g/mol. The first kappa shape index (κ1) is 86.0. The van der Waals surface area contributed by atoms with Crippen molar-refractivity contribution in [2.45, 2.75) is 286 Å². The van der Waals surface area contributed by atoms with Gasteiger partial charge in [0, 0.05) is 26.7 Å². The number of nitrogens with one attached hydrogen (secondary N) is 3. The Hall–Kier alpha value is -3.60. The van der Waals surface area contributed by atoms with E-state index in [1.165, 1.54) is 13.8 Å². The normalized spacial score (nSPS) is 47.9. The van der Waals surface area contributed by atoms with Crippen LogP contribution in [0, 0.1) is 5.92 Å². The highest BCUT2D eigenvalue weighted by Gasteiger charge is 2.61. The van der Waals surface area contributed by atoms with Crippen LogP contribution in [0.5, 0.6) is 0 Å². The summed E-state index contributed by atoms with van der Waals surface area (Å²) in [6.45, 7) is -2.70. The number of hydrogen-bond donors (Lipinski definition) is 25. The lowest BCUT2D eigenvalue weighted by Gasteiger charge is -2.51. The maximum Gasteiger partial charge on any atom is 0.332 e. The van der Waals surface area contributed by atoms with Crippen molar-refractivity contribution in [3.8, 4) is 0 Å². The van der Waals surface area contributed by atoms with Gasteiger partial charge in [-0.25, -0.2) is 0 Å². The summed E-state index contributed by atoms with van der Waals surface area (Å²) in [6, 6.07) is -4.97. The van der Waals surface area contributed by atoms with Crippen LogP contribution in [-0.2, 0) is 95.0 Å². The molecule has 8 rings (SSSR count). The van der Waals surface area contributed by atoms with Crippen LogP contribution >= 0.6 is 0 Å². The molecule has 8 heterocycles. The first-order valence-electron chi connectivity index (χ1n) is 33.4. The van der Waals surface area contributed by atoms with Gasteiger partial charge in [-0.3, -0.25) is 19.2 Å². The number of amides is 3. The Balaban J connectivity index is 1.08. The second kappa shape index (κ2) is 37.4. The van der Waals surface area contributed by atoms with E-state index in [9.17, 15) is 132 Å². The van der Waals surface area contributed by atoms with Crippen LogP contribution in [-0.4, -0.2) is 434 Å². The molecular formula is C59H99N3O42. The minimum absolute atomic E-state index is 0.236. The molecule has 0 aliphatic carbocycles. The van der Waals surface area contributed by atoms with E-state index in [1.54, 1.807) is 0 Å². The summed E-state index contributed by atoms with van der Waals surface area (Å²) in [5.41, 5.74) is 0. The molecule has 0 aromatic carbocycles. The molecule has 45 nitrogen and oxygen atoms in total. The zero-order valence-electron chi connectivity index (χ0n) is 56.5. The Kier molecular flexibility index (Phi) is 30.9. The van der Waals surface area contributed by atoms with Gasteiger partial charge in [-0.05, 0) is 6.92 Å². The highest BCUT2D eigenvalue weighted by Crippen LogP contribution is 2.42. The van der Waals surface area contributed by atoms with E-state index in [-0.39, 0.29) is 6.47 Å². The SMILES string of the molecule is CC(=O)NC1[C@H](OC2C(O)[C@H](O)C(CO)O[C@@H]2OC2[C@H](O)C(CO[C@H]3OC(CO)[C@@H](O)[C@H](O)C3O)O[C@@H](O[C@@H]3C(CO)O[C@@H](O[C@@H]4C(CO)O[C@@H](C)[C@@H](NC(C)=O)C4O)[C@@H](NC(C)=O)C3O)[C@@H]2O)OC(CO)[C@@H](O[C@@H]2OC(CO)[C@H](O)[C@H](O[C@]3(OC=O)C[C@@H](O)[C@@H](C)C([C@H](O)[C@H](O)CO)O3)C2O)[C@@H]1O. The number of ether oxygens (including phenoxy) is 16. The molecule has 8 saturated heterocycles. The molecule has 0 aromatic rings. The lowest BCUT2D eigenvalue weighted by atomic mass is 9.87. The van der Waals surface area contributed by atoms with Gasteiger partial charge in [-0.1, -0.05) is 6.92 Å². The summed E-state index contributed by atoms with van der Waals surface area (Å²) in [6.07, 6.45) is -72.6. The third-order valence-corrected chi connectivity index (χ3v) is 19.3. The number of hydrogen-bond acceptors (Lipinski definition) is 42. The fraction of sp³-hybridized carbons (Fsp3) is 0.932. The second-order valence-electron chi connectivity index (χ2n) is 26.6. The number of aliphatic hydroxyl groups excluding tert-OH is 22. The fourth-order valence-electron chi connectivity index (χ4n) is 13.7. The van der Waals surface area contributed by atoms with Crippen molar-refractivity contribution in [3.05, 3.63) is 0 Å². The van der Waals surface area contributed by atoms with Crippen molar-refractivity contribution in [2.24, 2.45) is 5.92 Å². The van der Waals surface area contributed by atoms with E-state index >= 15 is 0 Å². The summed E-state index contributed by atoms with van der Waals surface area (Å²) in [7, 11) is 0. The molecule has 45 heteroatoms. The van der Waals surface area contributed by atoms with Crippen molar-refractivity contribution >= 4 is 24.2 Å². The molecular weight excluding hydrogens is 1420 g/mol. The monoisotopic (exact) mass is 1520 g/mol. The van der Waals surface area contributed by atoms with Gasteiger partial charge in [0.25, 0.3) is 6.47 Å². The van der Waals surface area contributed by atoms with Crippen molar-refractivity contribution < 1.29 is 207 Å². The van der Waals surface area contributed by atoms with E-state index in [1.807, 2.05) is 0 Å². The molecule has 104 heavy (non-hydrogen) atoms. The van der Waals surface area contributed by atoms with Crippen LogP contribution in [0.15, 0.2) is 0 Å². The molecule has 41 atom stereocenters. The molecule has 0 spiro atoms. The molecule has 0 bridgehead atoms. The van der Waals surface area contributed by atoms with Crippen LogP contribution in [0.4, 0.5) is 0 Å². The topological polar surface area (TPSA) is 697 Å². The third-order valence-electron chi connectivity index (χ3n) is 19.3. The van der Waals surface area contributed by atoms with Crippen LogP contribution in [0.2, 0.25) is 0 Å². The molecule has 0 aromatic heterocycles. The summed E-state index contributed by atoms with van der Waals surface area (Å²) in [5.74, 6) is -6.38. The Labute approximate surface area is 590 Å². The smallest absolute Gasteiger partial charge is 0.332 e. The molecule has 602 valence electrons. The Morgan fingerprint density at radius 3 is 1.32 bits per heavy atom. The summed E-state index contributed by atoms with van der Waals surface area (Å²) >= 11 is 0. The zero-order chi connectivity index (χ0) is 76.8. The van der Waals surface area contributed by atoms with Gasteiger partial charge in [0.2, 0.25) is 17.7 Å². The standard InChI is InChI=1S/C59H99N3O42/c1-16-21(74)6-59(90-15-70,103-46(16)33(76)22(75)7-63)104-51-36(79)25(10-66)93-57(45(51)88)100-49-28(13-69)96-54(32(40(49)83)62-20(5)73)102-52-42(85)35(78)24(9-65)94-58(52)101-50-37(80)29(14-89-55-43(86)41(84)34(77)23(8-64)92-55)97-56(44(50)87)99-48-27(12-68)95-53(31(39(48)82)61-19(4)72)98-47-26(11-67)91-17(2)30(38(47)81)60-18(3)71/h15-17,21-58,63-69,74-88H,6-14H2,1-5H3,(H,60,71)(H,61,72)(H,62,73)/t16-,17+,21-,22-,23?,24?,25?,26?,27?,28?,29?,30-,31+,32?,33-,34-,35-,36+,37-,38?,39?,40-,41+,42?,43?,44-,45?,46?,47-,48-,49-,50?,51+,52?,53+,54+,55+,56+,57+,58-,59+/m1/s1. The van der Waals surface area contributed by atoms with Gasteiger partial charge >= 0.3 is 5.97 Å². The largest absolute Gasteiger partial charge is 0.410 e. The molecule has 8 aliphatic rings. The summed E-state index contributed by atoms with van der Waals surface area (Å²) in [5, 5.41) is 251. The first-order valence-corrected chi connectivity index (χ1v) is 33.4. The summed E-state index contributed by atoms with van der Waals surface area (Å²) in [4.78, 5) is 50.1. The van der Waals surface area contributed by atoms with Crippen LogP contribution in [0.1, 0.15) is 41.0 Å². The van der Waals surface area contributed by atoms with Crippen molar-refractivity contribution in [1.29, 1.82) is 0 Å². The van der Waals surface area contributed by atoms with Crippen molar-refractivity contribution in [3.63, 3.8) is 0 Å². The van der Waals surface area contributed by atoms with Gasteiger partial charge in [0.15, 0.2) is 37.7 Å². The van der Waals surface area contributed by atoms with Crippen molar-refractivity contribution in [2.75, 3.05) is 52.9 Å². The maximum atomic E-state index is 13.1. The van der Waals surface area contributed by atoms with E-state index in [2.05, 4.69) is 16.0 Å². The van der Waals surface area contributed by atoms with E-state index in [4.69, 9.17) is 75.8 Å². The van der Waals surface area contributed by atoms with Gasteiger partial charge in [0.1, 0.15) is 177 Å². The lowest BCUT2D eigenvalue weighted by molar-refractivity contribution is -0.448. The minimum Gasteiger partial charge on any atom is -0.410 e. The Bertz CT molecular complexity index is 2710. The number of carbonyl (C=O) groups excluding carboxylic acids is 4. The summed E-state index contributed by atoms with van der Waals surface area (Å²) < 4.78 is 94.0. The second-order valence-corrected chi connectivity index (χ2v) is 26.6. The van der Waals surface area contributed by atoms with Crippen LogP contribution < -0.4 is 16.0 Å². The van der Waals surface area contributed by atoms with E-state index < -0.39 is 328 Å². The average Bonchev–Trinajstić information content (AvgIpc) is 0.766.